The second kappa shape index (κ2) is 9.27. The Balaban J connectivity index is 0.000000180. The summed E-state index contributed by atoms with van der Waals surface area (Å²) in [6.07, 6.45) is 7.49. The summed E-state index contributed by atoms with van der Waals surface area (Å²) in [7, 11) is 3.92. The van der Waals surface area contributed by atoms with Crippen molar-refractivity contribution in [2.75, 3.05) is 11.9 Å². The fourth-order valence-corrected chi connectivity index (χ4v) is 2.31. The number of aryl methyl sites for hydroxylation is 1. The van der Waals surface area contributed by atoms with Gasteiger partial charge in [0.1, 0.15) is 7.05 Å². The quantitative estimate of drug-likeness (QED) is 0.379. The molecular formula is C19H18FIrN5+. The molecule has 0 bridgehead atoms. The van der Waals surface area contributed by atoms with E-state index in [9.17, 15) is 4.39 Å². The van der Waals surface area contributed by atoms with Crippen molar-refractivity contribution in [2.24, 2.45) is 7.05 Å². The topological polar surface area (TPSA) is 37.4 Å². The number of aromatic nitrogens is 3. The van der Waals surface area contributed by atoms with Crippen LogP contribution in [-0.2, 0) is 27.2 Å². The molecule has 0 amide bonds. The van der Waals surface area contributed by atoms with Crippen LogP contribution in [0.15, 0.2) is 67.3 Å². The van der Waals surface area contributed by atoms with Gasteiger partial charge < -0.3 is 20.0 Å². The van der Waals surface area contributed by atoms with Crippen LogP contribution >= 0.6 is 0 Å². The molecule has 0 unspecified atom stereocenters. The minimum atomic E-state index is -0.264. The Kier molecular flexibility index (Phi) is 7.06. The Morgan fingerprint density at radius 2 is 2.04 bits per heavy atom. The summed E-state index contributed by atoms with van der Waals surface area (Å²) in [5.74, 6) is -0.264. The fourth-order valence-electron chi connectivity index (χ4n) is 2.31. The van der Waals surface area contributed by atoms with E-state index in [1.165, 1.54) is 12.1 Å². The van der Waals surface area contributed by atoms with E-state index in [1.807, 2.05) is 78.0 Å². The molecule has 0 saturated heterocycles. The third kappa shape index (κ3) is 5.00. The van der Waals surface area contributed by atoms with Crippen LogP contribution in [0.4, 0.5) is 10.1 Å². The summed E-state index contributed by atoms with van der Waals surface area (Å²) in [6.45, 7) is 1.89. The van der Waals surface area contributed by atoms with Crippen molar-refractivity contribution >= 4 is 5.69 Å². The first kappa shape index (κ1) is 19.8. The maximum Gasteiger partial charge on any atom is 3.00 e. The van der Waals surface area contributed by atoms with Gasteiger partial charge in [0, 0.05) is 24.1 Å². The number of halogens is 1. The summed E-state index contributed by atoms with van der Waals surface area (Å²) in [4.78, 5) is 3.79. The van der Waals surface area contributed by atoms with Crippen LogP contribution in [0.2, 0.25) is 0 Å². The summed E-state index contributed by atoms with van der Waals surface area (Å²) >= 11 is 0. The summed E-state index contributed by atoms with van der Waals surface area (Å²) in [5.41, 5.74) is 2.83. The van der Waals surface area contributed by atoms with Gasteiger partial charge in [-0.2, -0.15) is 12.7 Å². The van der Waals surface area contributed by atoms with Gasteiger partial charge in [-0.25, -0.2) is 4.57 Å². The molecule has 1 aliphatic heterocycles. The van der Waals surface area contributed by atoms with Crippen LogP contribution in [0.3, 0.4) is 0 Å². The van der Waals surface area contributed by atoms with Crippen molar-refractivity contribution in [1.82, 2.24) is 15.1 Å². The second-order valence-corrected chi connectivity index (χ2v) is 5.49. The number of rotatable bonds is 2. The zero-order valence-electron chi connectivity index (χ0n) is 14.4. The number of benzene rings is 1. The molecule has 3 heterocycles. The molecule has 0 spiro atoms. The van der Waals surface area contributed by atoms with Crippen LogP contribution in [0, 0.1) is 18.6 Å². The van der Waals surface area contributed by atoms with E-state index in [2.05, 4.69) is 16.3 Å². The largest absolute Gasteiger partial charge is 3.00 e. The predicted molar refractivity (Wildman–Crippen MR) is 93.1 cm³/mol. The minimum absolute atomic E-state index is 0. The Bertz CT molecular complexity index is 833. The van der Waals surface area contributed by atoms with Gasteiger partial charge in [-0.15, -0.1) is 23.9 Å². The Morgan fingerprint density at radius 1 is 1.19 bits per heavy atom. The molecule has 26 heavy (non-hydrogen) atoms. The SMILES string of the molecule is CN1C=CN(c2[c-]cc(F)cc2)[CH-]1.C[n+]1ccccc1-c1ccn[n-]1.[Ir+3]. The second-order valence-electron chi connectivity index (χ2n) is 5.49. The molecule has 2 aromatic heterocycles. The molecule has 0 aliphatic carbocycles. The normalized spacial score (nSPS) is 12.4. The first-order chi connectivity index (χ1) is 12.1. The maximum absolute atomic E-state index is 12.6. The predicted octanol–water partition coefficient (Wildman–Crippen LogP) is 2.50. The van der Waals surface area contributed by atoms with Crippen molar-refractivity contribution in [3.8, 4) is 11.4 Å². The Labute approximate surface area is 166 Å². The van der Waals surface area contributed by atoms with Crippen molar-refractivity contribution < 1.29 is 29.1 Å². The van der Waals surface area contributed by atoms with Crippen LogP contribution in [-0.4, -0.2) is 17.0 Å². The van der Waals surface area contributed by atoms with Crippen molar-refractivity contribution in [3.63, 3.8) is 0 Å². The summed E-state index contributed by atoms with van der Waals surface area (Å²) in [6, 6.07) is 15.2. The van der Waals surface area contributed by atoms with E-state index >= 15 is 0 Å². The smallest absolute Gasteiger partial charge is 0.570 e. The van der Waals surface area contributed by atoms with E-state index in [0.717, 1.165) is 17.1 Å². The molecule has 5 nitrogen and oxygen atoms in total. The van der Waals surface area contributed by atoms with Gasteiger partial charge >= 0.3 is 20.1 Å². The van der Waals surface area contributed by atoms with Gasteiger partial charge in [0.25, 0.3) is 0 Å². The van der Waals surface area contributed by atoms with Gasteiger partial charge in [0.15, 0.2) is 11.9 Å². The monoisotopic (exact) mass is 528 g/mol. The molecule has 0 radical (unpaired) electrons. The molecule has 0 fully saturated rings. The molecule has 4 rings (SSSR count). The van der Waals surface area contributed by atoms with Gasteiger partial charge in [0.05, 0.1) is 0 Å². The molecule has 7 heteroatoms. The van der Waals surface area contributed by atoms with Crippen LogP contribution in [0.25, 0.3) is 11.4 Å². The first-order valence-corrected chi connectivity index (χ1v) is 7.74. The third-order valence-corrected chi connectivity index (χ3v) is 3.59. The molecule has 0 N–H and O–H groups in total. The molecule has 1 aromatic carbocycles. The van der Waals surface area contributed by atoms with Crippen molar-refractivity contribution in [1.29, 1.82) is 0 Å². The van der Waals surface area contributed by atoms with Crippen molar-refractivity contribution in [3.05, 3.63) is 85.8 Å². The van der Waals surface area contributed by atoms with Crippen LogP contribution < -0.4 is 14.6 Å². The average Bonchev–Trinajstić information content (AvgIpc) is 3.28. The minimum Gasteiger partial charge on any atom is -0.570 e. The Hall–Kier alpha value is -2.50. The molecule has 0 saturated carbocycles. The van der Waals surface area contributed by atoms with E-state index in [4.69, 9.17) is 0 Å². The molecule has 134 valence electrons. The number of anilines is 1. The standard InChI is InChI=1S/C10H9FN2.C9H9N3.Ir/c1-12-6-7-13(8-12)10-4-2-9(11)3-5-10;1-12-7-3-2-4-9(12)8-5-6-10-11-8;/h2-4,6-8H,1H3;2-7H,1H3;/q-2;;+3. The molecule has 3 aromatic rings. The van der Waals surface area contributed by atoms with E-state index in [0.29, 0.717) is 0 Å². The summed E-state index contributed by atoms with van der Waals surface area (Å²) in [5, 5.41) is 7.75. The van der Waals surface area contributed by atoms with Crippen LogP contribution in [0.5, 0.6) is 0 Å². The number of hydrogen-bond donors (Lipinski definition) is 0. The van der Waals surface area contributed by atoms with E-state index < -0.39 is 0 Å². The van der Waals surface area contributed by atoms with Crippen molar-refractivity contribution in [2.45, 2.75) is 0 Å². The van der Waals surface area contributed by atoms with Gasteiger partial charge in [0.2, 0.25) is 0 Å². The van der Waals surface area contributed by atoms with Gasteiger partial charge in [-0.05, 0) is 31.2 Å². The van der Waals surface area contributed by atoms with Gasteiger partial charge in [-0.3, -0.25) is 4.39 Å². The first-order valence-electron chi connectivity index (χ1n) is 7.74. The van der Waals surface area contributed by atoms with E-state index in [-0.39, 0.29) is 25.9 Å². The maximum atomic E-state index is 12.6. The molecular weight excluding hydrogens is 509 g/mol. The zero-order chi connectivity index (χ0) is 17.6. The summed E-state index contributed by atoms with van der Waals surface area (Å²) < 4.78 is 14.6. The average molecular weight is 528 g/mol. The number of pyridine rings is 1. The third-order valence-electron chi connectivity index (χ3n) is 3.59. The van der Waals surface area contributed by atoms with E-state index in [1.54, 1.807) is 12.3 Å². The van der Waals surface area contributed by atoms with Gasteiger partial charge in [-0.1, -0.05) is 6.07 Å². The number of hydrogen-bond acceptors (Lipinski definition) is 3. The van der Waals surface area contributed by atoms with Crippen LogP contribution in [0.1, 0.15) is 0 Å². The Morgan fingerprint density at radius 3 is 2.62 bits per heavy atom. The fraction of sp³-hybridized carbons (Fsp3) is 0.105. The zero-order valence-corrected chi connectivity index (χ0v) is 16.8. The number of nitrogens with zero attached hydrogens (tertiary/aromatic N) is 5. The molecule has 1 aliphatic rings. The molecule has 0 atom stereocenters.